The fourth-order valence-electron chi connectivity index (χ4n) is 3.47. The van der Waals surface area contributed by atoms with Crippen LogP contribution < -0.4 is 0 Å². The van der Waals surface area contributed by atoms with Gasteiger partial charge in [-0.15, -0.1) is 0 Å². The van der Waals surface area contributed by atoms with Crippen LogP contribution in [0.25, 0.3) is 10.8 Å². The molecule has 2 nitrogen and oxygen atoms in total. The summed E-state index contributed by atoms with van der Waals surface area (Å²) in [6.45, 7) is 11.7. The molecule has 1 atom stereocenters. The van der Waals surface area contributed by atoms with E-state index >= 15 is 0 Å². The van der Waals surface area contributed by atoms with Gasteiger partial charge in [0.15, 0.2) is 0 Å². The van der Waals surface area contributed by atoms with E-state index in [2.05, 4.69) is 81.1 Å². The van der Waals surface area contributed by atoms with Gasteiger partial charge in [-0.3, -0.25) is 0 Å². The Bertz CT molecular complexity index is 674. The van der Waals surface area contributed by atoms with Crippen molar-refractivity contribution in [2.45, 2.75) is 39.5 Å². The first-order valence-corrected chi connectivity index (χ1v) is 8.70. The van der Waals surface area contributed by atoms with Crippen LogP contribution in [0.1, 0.15) is 39.7 Å². The summed E-state index contributed by atoms with van der Waals surface area (Å²) in [5, 5.41) is 12.6. The molecule has 0 aliphatic rings. The molecule has 2 aromatic rings. The molecule has 0 amide bonds. The summed E-state index contributed by atoms with van der Waals surface area (Å²) in [4.78, 5) is 2.40. The van der Waals surface area contributed by atoms with Gasteiger partial charge in [0.1, 0.15) is 0 Å². The number of rotatable bonds is 7. The van der Waals surface area contributed by atoms with Crippen molar-refractivity contribution in [1.82, 2.24) is 4.90 Å². The van der Waals surface area contributed by atoms with Crippen LogP contribution in [0.5, 0.6) is 0 Å². The van der Waals surface area contributed by atoms with Gasteiger partial charge in [-0.25, -0.2) is 0 Å². The maximum absolute atomic E-state index is 10.1. The van der Waals surface area contributed by atoms with E-state index in [9.17, 15) is 5.26 Å². The topological polar surface area (TPSA) is 27.0 Å². The van der Waals surface area contributed by atoms with Crippen LogP contribution in [-0.2, 0) is 5.41 Å². The molecule has 0 aliphatic heterocycles. The Labute approximate surface area is 140 Å². The largest absolute Gasteiger partial charge is 0.304 e. The molecule has 23 heavy (non-hydrogen) atoms. The highest BCUT2D eigenvalue weighted by atomic mass is 15.1. The van der Waals surface area contributed by atoms with Gasteiger partial charge < -0.3 is 4.90 Å². The van der Waals surface area contributed by atoms with E-state index in [1.807, 2.05) is 0 Å². The van der Waals surface area contributed by atoms with Gasteiger partial charge in [-0.05, 0) is 48.3 Å². The fourth-order valence-corrected chi connectivity index (χ4v) is 3.47. The molecule has 0 spiro atoms. The zero-order valence-electron chi connectivity index (χ0n) is 14.8. The van der Waals surface area contributed by atoms with Crippen LogP contribution >= 0.6 is 0 Å². The zero-order valence-corrected chi connectivity index (χ0v) is 14.8. The van der Waals surface area contributed by atoms with Crippen molar-refractivity contribution in [1.29, 1.82) is 5.26 Å². The Kier molecular flexibility index (Phi) is 5.80. The summed E-state index contributed by atoms with van der Waals surface area (Å²) >= 11 is 0. The Morgan fingerprint density at radius 1 is 1.04 bits per heavy atom. The standard InChI is InChI=1S/C21H28N2/c1-5-23(6-2)15-14-21(16-22,17(3)4)20-13-9-11-18-10-7-8-12-19(18)20/h7-13,17H,5-6,14-15H2,1-4H3. The van der Waals surface area contributed by atoms with Crippen LogP contribution in [0, 0.1) is 17.2 Å². The Hall–Kier alpha value is -1.85. The summed E-state index contributed by atoms with van der Waals surface area (Å²) in [5.74, 6) is 0.272. The smallest absolute Gasteiger partial charge is 0.0863 e. The highest BCUT2D eigenvalue weighted by Crippen LogP contribution is 2.39. The Balaban J connectivity index is 2.51. The maximum atomic E-state index is 10.1. The number of nitrogens with zero attached hydrogens (tertiary/aromatic N) is 2. The van der Waals surface area contributed by atoms with Crippen molar-refractivity contribution in [3.05, 3.63) is 48.0 Å². The molecule has 0 N–H and O–H groups in total. The third kappa shape index (κ3) is 3.41. The van der Waals surface area contributed by atoms with E-state index in [-0.39, 0.29) is 5.92 Å². The van der Waals surface area contributed by atoms with Gasteiger partial charge in [-0.2, -0.15) is 5.26 Å². The van der Waals surface area contributed by atoms with E-state index in [0.29, 0.717) is 0 Å². The highest BCUT2D eigenvalue weighted by Gasteiger charge is 2.37. The summed E-state index contributed by atoms with van der Waals surface area (Å²) < 4.78 is 0. The van der Waals surface area contributed by atoms with Crippen LogP contribution in [0.15, 0.2) is 42.5 Å². The second kappa shape index (κ2) is 7.62. The fraction of sp³-hybridized carbons (Fsp3) is 0.476. The average Bonchev–Trinajstić information content (AvgIpc) is 2.59. The van der Waals surface area contributed by atoms with Gasteiger partial charge in [0, 0.05) is 0 Å². The molecule has 0 fully saturated rings. The summed E-state index contributed by atoms with van der Waals surface area (Å²) in [7, 11) is 0. The summed E-state index contributed by atoms with van der Waals surface area (Å²) in [5.41, 5.74) is 0.740. The number of hydrogen-bond acceptors (Lipinski definition) is 2. The minimum absolute atomic E-state index is 0.272. The molecule has 0 radical (unpaired) electrons. The lowest BCUT2D eigenvalue weighted by Gasteiger charge is -2.34. The van der Waals surface area contributed by atoms with Gasteiger partial charge in [0.25, 0.3) is 0 Å². The van der Waals surface area contributed by atoms with Crippen molar-refractivity contribution in [3.63, 3.8) is 0 Å². The monoisotopic (exact) mass is 308 g/mol. The first-order chi connectivity index (χ1) is 11.1. The quantitative estimate of drug-likeness (QED) is 0.720. The van der Waals surface area contributed by atoms with Gasteiger partial charge in [-0.1, -0.05) is 70.2 Å². The lowest BCUT2D eigenvalue weighted by molar-refractivity contribution is 0.253. The van der Waals surface area contributed by atoms with Crippen molar-refractivity contribution in [3.8, 4) is 6.07 Å². The predicted octanol–water partition coefficient (Wildman–Crippen LogP) is 4.99. The van der Waals surface area contributed by atoms with E-state index in [4.69, 9.17) is 0 Å². The molecule has 0 saturated carbocycles. The second-order valence-corrected chi connectivity index (χ2v) is 6.54. The van der Waals surface area contributed by atoms with E-state index in [0.717, 1.165) is 26.1 Å². The molecule has 0 saturated heterocycles. The third-order valence-electron chi connectivity index (χ3n) is 5.17. The molecule has 122 valence electrons. The Morgan fingerprint density at radius 2 is 1.70 bits per heavy atom. The zero-order chi connectivity index (χ0) is 16.9. The number of hydrogen-bond donors (Lipinski definition) is 0. The third-order valence-corrected chi connectivity index (χ3v) is 5.17. The minimum Gasteiger partial charge on any atom is -0.304 e. The number of fused-ring (bicyclic) bond motifs is 1. The van der Waals surface area contributed by atoms with Crippen molar-refractivity contribution >= 4 is 10.8 Å². The molecular weight excluding hydrogens is 280 g/mol. The molecule has 2 aromatic carbocycles. The SMILES string of the molecule is CCN(CC)CCC(C#N)(c1cccc2ccccc12)C(C)C. The first kappa shape index (κ1) is 17.5. The molecular formula is C21H28N2. The normalized spacial score (nSPS) is 14.1. The second-order valence-electron chi connectivity index (χ2n) is 6.54. The van der Waals surface area contributed by atoms with Crippen LogP contribution in [0.3, 0.4) is 0 Å². The molecule has 1 unspecified atom stereocenters. The molecule has 2 heteroatoms. The Morgan fingerprint density at radius 3 is 2.30 bits per heavy atom. The number of benzene rings is 2. The highest BCUT2D eigenvalue weighted by molar-refractivity contribution is 5.87. The first-order valence-electron chi connectivity index (χ1n) is 8.70. The van der Waals surface area contributed by atoms with Gasteiger partial charge in [0.2, 0.25) is 0 Å². The van der Waals surface area contributed by atoms with Crippen LogP contribution in [-0.4, -0.2) is 24.5 Å². The molecule has 0 bridgehead atoms. The lowest BCUT2D eigenvalue weighted by atomic mass is 9.69. The van der Waals surface area contributed by atoms with Crippen LogP contribution in [0.2, 0.25) is 0 Å². The average molecular weight is 308 g/mol. The predicted molar refractivity (Wildman–Crippen MR) is 98.5 cm³/mol. The summed E-state index contributed by atoms with van der Waals surface area (Å²) in [6, 6.07) is 17.5. The molecule has 0 aromatic heterocycles. The minimum atomic E-state index is -0.441. The number of nitriles is 1. The van der Waals surface area contributed by atoms with Gasteiger partial charge in [0.05, 0.1) is 11.5 Å². The van der Waals surface area contributed by atoms with Gasteiger partial charge >= 0.3 is 0 Å². The van der Waals surface area contributed by atoms with Crippen molar-refractivity contribution in [2.75, 3.05) is 19.6 Å². The molecule has 0 aliphatic carbocycles. The lowest BCUT2D eigenvalue weighted by Crippen LogP contribution is -2.36. The molecule has 2 rings (SSSR count). The molecule has 0 heterocycles. The van der Waals surface area contributed by atoms with E-state index in [1.165, 1.54) is 16.3 Å². The van der Waals surface area contributed by atoms with Crippen molar-refractivity contribution in [2.24, 2.45) is 5.92 Å². The summed E-state index contributed by atoms with van der Waals surface area (Å²) in [6.07, 6.45) is 0.872. The maximum Gasteiger partial charge on any atom is 0.0863 e. The van der Waals surface area contributed by atoms with E-state index in [1.54, 1.807) is 0 Å². The van der Waals surface area contributed by atoms with E-state index < -0.39 is 5.41 Å². The van der Waals surface area contributed by atoms with Crippen LogP contribution in [0.4, 0.5) is 0 Å². The van der Waals surface area contributed by atoms with Crippen molar-refractivity contribution < 1.29 is 0 Å².